The van der Waals surface area contributed by atoms with Crippen molar-refractivity contribution in [2.24, 2.45) is 0 Å². The molecule has 0 radical (unpaired) electrons. The van der Waals surface area contributed by atoms with E-state index in [-0.39, 0.29) is 5.56 Å². The lowest BCUT2D eigenvalue weighted by Gasteiger charge is -2.14. The molecule has 2 N–H and O–H groups in total. The SMILES string of the molecule is COc1cc2nc(C[NH+](C)Cc3cccc(Cl)c3)[nH]c(=O)c2cc1OC. The molecule has 0 aliphatic carbocycles. The zero-order valence-electron chi connectivity index (χ0n) is 14.9. The van der Waals surface area contributed by atoms with Gasteiger partial charge in [0.05, 0.1) is 32.2 Å². The zero-order valence-corrected chi connectivity index (χ0v) is 15.7. The van der Waals surface area contributed by atoms with Gasteiger partial charge in [-0.2, -0.15) is 0 Å². The topological polar surface area (TPSA) is 68.7 Å². The monoisotopic (exact) mass is 374 g/mol. The number of fused-ring (bicyclic) bond motifs is 1. The molecule has 0 fully saturated rings. The Morgan fingerprint density at radius 2 is 1.85 bits per heavy atom. The quantitative estimate of drug-likeness (QED) is 0.690. The lowest BCUT2D eigenvalue weighted by molar-refractivity contribution is -0.908. The van der Waals surface area contributed by atoms with Crippen LogP contribution in [0.5, 0.6) is 11.5 Å². The highest BCUT2D eigenvalue weighted by molar-refractivity contribution is 6.30. The first-order valence-electron chi connectivity index (χ1n) is 8.21. The standard InChI is InChI=1S/C19H20ClN3O3/c1-23(10-12-5-4-6-13(20)7-12)11-18-21-15-9-17(26-3)16(25-2)8-14(15)19(24)22-18/h4-9H,10-11H2,1-3H3,(H,21,22,24)/p+1. The third-order valence-corrected chi connectivity index (χ3v) is 4.36. The van der Waals surface area contributed by atoms with Crippen LogP contribution in [-0.2, 0) is 13.1 Å². The Morgan fingerprint density at radius 1 is 1.12 bits per heavy atom. The van der Waals surface area contributed by atoms with Crippen LogP contribution in [0.3, 0.4) is 0 Å². The number of H-pyrrole nitrogens is 1. The Hall–Kier alpha value is -2.57. The summed E-state index contributed by atoms with van der Waals surface area (Å²) in [5.41, 5.74) is 1.52. The third kappa shape index (κ3) is 3.98. The van der Waals surface area contributed by atoms with E-state index in [1.807, 2.05) is 31.3 Å². The molecule has 0 spiro atoms. The highest BCUT2D eigenvalue weighted by Crippen LogP contribution is 2.29. The van der Waals surface area contributed by atoms with Crippen LogP contribution in [0.25, 0.3) is 10.9 Å². The van der Waals surface area contributed by atoms with Gasteiger partial charge in [0.25, 0.3) is 5.56 Å². The number of methoxy groups -OCH3 is 2. The molecule has 3 aromatic rings. The summed E-state index contributed by atoms with van der Waals surface area (Å²) in [5, 5.41) is 1.19. The van der Waals surface area contributed by atoms with Crippen LogP contribution in [0, 0.1) is 0 Å². The first-order chi connectivity index (χ1) is 12.5. The average Bonchev–Trinajstić information content (AvgIpc) is 2.60. The van der Waals surface area contributed by atoms with Crippen molar-refractivity contribution < 1.29 is 14.4 Å². The Balaban J connectivity index is 1.87. The average molecular weight is 375 g/mol. The highest BCUT2D eigenvalue weighted by atomic mass is 35.5. The van der Waals surface area contributed by atoms with Gasteiger partial charge in [-0.05, 0) is 18.2 Å². The predicted molar refractivity (Wildman–Crippen MR) is 101 cm³/mol. The van der Waals surface area contributed by atoms with Gasteiger partial charge >= 0.3 is 0 Å². The van der Waals surface area contributed by atoms with Crippen molar-refractivity contribution in [1.29, 1.82) is 0 Å². The molecule has 3 rings (SSSR count). The van der Waals surface area contributed by atoms with E-state index in [9.17, 15) is 4.79 Å². The summed E-state index contributed by atoms with van der Waals surface area (Å²) in [4.78, 5) is 21.0. The van der Waals surface area contributed by atoms with Gasteiger partial charge in [-0.15, -0.1) is 0 Å². The fraction of sp³-hybridized carbons (Fsp3) is 0.263. The second-order valence-corrected chi connectivity index (χ2v) is 6.61. The molecule has 7 heteroatoms. The summed E-state index contributed by atoms with van der Waals surface area (Å²) in [7, 11) is 5.13. The molecule has 0 bridgehead atoms. The molecule has 1 atom stereocenters. The highest BCUT2D eigenvalue weighted by Gasteiger charge is 2.13. The number of ether oxygens (including phenoxy) is 2. The van der Waals surface area contributed by atoms with Gasteiger partial charge in [-0.3, -0.25) is 4.79 Å². The molecule has 0 saturated heterocycles. The maximum Gasteiger partial charge on any atom is 0.259 e. The molecule has 0 amide bonds. The first kappa shape index (κ1) is 18.2. The second-order valence-electron chi connectivity index (χ2n) is 6.18. The summed E-state index contributed by atoms with van der Waals surface area (Å²) in [5.74, 6) is 1.67. The molecular weight excluding hydrogens is 354 g/mol. The number of nitrogens with one attached hydrogen (secondary N) is 2. The molecule has 2 aromatic carbocycles. The Bertz CT molecular complexity index is 987. The van der Waals surface area contributed by atoms with E-state index >= 15 is 0 Å². The number of hydrogen-bond acceptors (Lipinski definition) is 4. The van der Waals surface area contributed by atoms with E-state index in [1.54, 1.807) is 19.2 Å². The van der Waals surface area contributed by atoms with E-state index in [0.717, 1.165) is 12.1 Å². The minimum absolute atomic E-state index is 0.193. The lowest BCUT2D eigenvalue weighted by atomic mass is 10.2. The number of rotatable bonds is 6. The van der Waals surface area contributed by atoms with E-state index in [1.165, 1.54) is 12.0 Å². The van der Waals surface area contributed by atoms with Crippen molar-refractivity contribution in [3.05, 3.63) is 63.2 Å². The van der Waals surface area contributed by atoms with Crippen molar-refractivity contribution in [3.63, 3.8) is 0 Å². The fourth-order valence-electron chi connectivity index (χ4n) is 2.94. The third-order valence-electron chi connectivity index (χ3n) is 4.12. The number of hydrogen-bond donors (Lipinski definition) is 2. The molecule has 1 aromatic heterocycles. The molecule has 26 heavy (non-hydrogen) atoms. The molecular formula is C19H21ClN3O3+. The summed E-state index contributed by atoms with van der Waals surface area (Å²) in [6, 6.07) is 11.1. The van der Waals surface area contributed by atoms with Crippen LogP contribution in [0.4, 0.5) is 0 Å². The maximum absolute atomic E-state index is 12.4. The van der Waals surface area contributed by atoms with E-state index in [0.29, 0.717) is 39.8 Å². The molecule has 0 aliphatic heterocycles. The van der Waals surface area contributed by atoms with E-state index in [4.69, 9.17) is 21.1 Å². The van der Waals surface area contributed by atoms with Crippen LogP contribution in [0.1, 0.15) is 11.4 Å². The van der Waals surface area contributed by atoms with E-state index in [2.05, 4.69) is 9.97 Å². The Kier molecular flexibility index (Phi) is 5.44. The van der Waals surface area contributed by atoms with Crippen molar-refractivity contribution in [2.45, 2.75) is 13.1 Å². The van der Waals surface area contributed by atoms with Gasteiger partial charge in [-0.25, -0.2) is 4.98 Å². The summed E-state index contributed by atoms with van der Waals surface area (Å²) >= 11 is 6.04. The minimum atomic E-state index is -0.193. The van der Waals surface area contributed by atoms with Gasteiger partial charge in [0.15, 0.2) is 17.3 Å². The van der Waals surface area contributed by atoms with Crippen molar-refractivity contribution in [2.75, 3.05) is 21.3 Å². The van der Waals surface area contributed by atoms with Crippen LogP contribution in [-0.4, -0.2) is 31.2 Å². The Labute approximate surface area is 156 Å². The molecule has 1 heterocycles. The van der Waals surface area contributed by atoms with Crippen LogP contribution >= 0.6 is 11.6 Å². The number of quaternary nitrogens is 1. The molecule has 1 unspecified atom stereocenters. The van der Waals surface area contributed by atoms with Crippen LogP contribution in [0.15, 0.2) is 41.2 Å². The van der Waals surface area contributed by atoms with Gasteiger partial charge in [0, 0.05) is 16.7 Å². The number of nitrogens with zero attached hydrogens (tertiary/aromatic N) is 1. The zero-order chi connectivity index (χ0) is 18.7. The van der Waals surface area contributed by atoms with Gasteiger partial charge < -0.3 is 19.4 Å². The fourth-order valence-corrected chi connectivity index (χ4v) is 3.15. The summed E-state index contributed by atoms with van der Waals surface area (Å²) in [6.45, 7) is 1.35. The summed E-state index contributed by atoms with van der Waals surface area (Å²) in [6.07, 6.45) is 0. The summed E-state index contributed by atoms with van der Waals surface area (Å²) < 4.78 is 10.6. The smallest absolute Gasteiger partial charge is 0.259 e. The molecule has 0 saturated carbocycles. The molecule has 0 aliphatic rings. The number of aromatic amines is 1. The lowest BCUT2D eigenvalue weighted by Crippen LogP contribution is -3.06. The van der Waals surface area contributed by atoms with Gasteiger partial charge in [-0.1, -0.05) is 23.7 Å². The van der Waals surface area contributed by atoms with Gasteiger partial charge in [0.2, 0.25) is 0 Å². The molecule has 136 valence electrons. The van der Waals surface area contributed by atoms with Crippen LogP contribution in [0.2, 0.25) is 5.02 Å². The number of benzene rings is 2. The van der Waals surface area contributed by atoms with Crippen molar-refractivity contribution in [3.8, 4) is 11.5 Å². The molecule has 6 nitrogen and oxygen atoms in total. The normalized spacial score (nSPS) is 12.2. The van der Waals surface area contributed by atoms with Gasteiger partial charge in [0.1, 0.15) is 13.1 Å². The largest absolute Gasteiger partial charge is 0.493 e. The Morgan fingerprint density at radius 3 is 2.54 bits per heavy atom. The van der Waals surface area contributed by atoms with E-state index < -0.39 is 0 Å². The second kappa shape index (κ2) is 7.76. The van der Waals surface area contributed by atoms with Crippen molar-refractivity contribution >= 4 is 22.5 Å². The minimum Gasteiger partial charge on any atom is -0.493 e. The number of aromatic nitrogens is 2. The first-order valence-corrected chi connectivity index (χ1v) is 8.58. The number of halogens is 1. The van der Waals surface area contributed by atoms with Crippen LogP contribution < -0.4 is 19.9 Å². The predicted octanol–water partition coefficient (Wildman–Crippen LogP) is 1.81. The maximum atomic E-state index is 12.4. The van der Waals surface area contributed by atoms with Crippen molar-refractivity contribution in [1.82, 2.24) is 9.97 Å².